The molecule has 590 valence electrons. The SMILES string of the molecule is CC[C@H](NC(=O)[C@H](CCCCN)NC(=O)[C@@H](Cc1c[nH]c2ccccc12)NC(=O)[C@H](Cc1ccc(O)cc1)NC(=O)[C@H](CS)NC(=O)[C@@H](Cc1ccccc1)NC(=O)CCC(=O)N[C@H](C(=O)O[C@]1(CC)C(=O)OCc2c1cc1n(c2=O)Cc2cc3ccccc3nc2-1)C(C)C)C(=O)N[C@@H](CS)C(=O)N[C@H](C(N)=O)[C@@H](C)O. The molecular formula is C78H94N14O17S2. The highest BCUT2D eigenvalue weighted by molar-refractivity contribution is 7.80. The predicted molar refractivity (Wildman–Crippen MR) is 416 cm³/mol. The van der Waals surface area contributed by atoms with Crippen LogP contribution in [0.2, 0.25) is 0 Å². The molecule has 0 fully saturated rings. The molecule has 7 aromatic rings. The molecule has 0 radical (unpaired) electrons. The Bertz CT molecular complexity index is 4670. The maximum Gasteiger partial charge on any atom is 0.355 e. The third-order valence-electron chi connectivity index (χ3n) is 19.5. The fraction of sp³-hybridized carbons (Fsp3) is 0.410. The molecule has 0 bridgehead atoms. The van der Waals surface area contributed by atoms with Crippen molar-refractivity contribution in [2.75, 3.05) is 18.1 Å². The normalized spacial score (nSPS) is 16.2. The molecule has 0 spiro atoms. The number of esters is 2. The lowest BCUT2D eigenvalue weighted by molar-refractivity contribution is -0.191. The van der Waals surface area contributed by atoms with Gasteiger partial charge in [-0.15, -0.1) is 0 Å². The zero-order valence-corrected chi connectivity index (χ0v) is 63.8. The number of hydrogen-bond donors (Lipinski definition) is 16. The maximum absolute atomic E-state index is 15.1. The van der Waals surface area contributed by atoms with E-state index in [4.69, 9.17) is 25.9 Å². The number of hydrogen-bond acceptors (Lipinski definition) is 21. The predicted octanol–water partition coefficient (Wildman–Crippen LogP) is 1.61. The Morgan fingerprint density at radius 1 is 0.631 bits per heavy atom. The number of nitrogens with zero attached hydrogens (tertiary/aromatic N) is 2. The summed E-state index contributed by atoms with van der Waals surface area (Å²) in [7, 11) is 0. The average Bonchev–Trinajstić information content (AvgIpc) is 1.66. The number of ether oxygens (including phenoxy) is 2. The number of cyclic esters (lactones) is 1. The molecule has 31 nitrogen and oxygen atoms in total. The number of aromatic amines is 1. The fourth-order valence-electron chi connectivity index (χ4n) is 13.2. The number of amides is 10. The third kappa shape index (κ3) is 20.9. The fourth-order valence-corrected chi connectivity index (χ4v) is 13.8. The highest BCUT2D eigenvalue weighted by atomic mass is 32.1. The highest BCUT2D eigenvalue weighted by Crippen LogP contribution is 2.41. The van der Waals surface area contributed by atoms with Crippen molar-refractivity contribution in [3.8, 4) is 17.1 Å². The summed E-state index contributed by atoms with van der Waals surface area (Å²) >= 11 is 8.61. The van der Waals surface area contributed by atoms with Crippen LogP contribution in [-0.2, 0) is 105 Å². The average molecular weight is 1560 g/mol. The Kier molecular flexibility index (Phi) is 29.1. The zero-order chi connectivity index (χ0) is 80.4. The number of carbonyl (C=O) groups is 12. The second-order valence-corrected chi connectivity index (χ2v) is 28.5. The number of carbonyl (C=O) groups excluding carboxylic acids is 12. The first-order valence-electron chi connectivity index (χ1n) is 36.6. The van der Waals surface area contributed by atoms with Gasteiger partial charge in [0.15, 0.2) is 0 Å². The number of unbranched alkanes of at least 4 members (excludes halogenated alkanes) is 1. The zero-order valence-electron chi connectivity index (χ0n) is 62.0. The van der Waals surface area contributed by atoms with Gasteiger partial charge in [-0.3, -0.25) is 52.7 Å². The number of phenols is 1. The van der Waals surface area contributed by atoms with E-state index in [-0.39, 0.29) is 86.6 Å². The van der Waals surface area contributed by atoms with E-state index in [0.717, 1.165) is 10.9 Å². The second-order valence-electron chi connectivity index (χ2n) is 27.8. The number of phenolic OH excluding ortho intramolecular Hbond substituents is 1. The molecule has 9 rings (SSSR count). The van der Waals surface area contributed by atoms with Crippen molar-refractivity contribution in [2.24, 2.45) is 17.4 Å². The van der Waals surface area contributed by atoms with Crippen LogP contribution in [0, 0.1) is 5.92 Å². The van der Waals surface area contributed by atoms with Gasteiger partial charge in [-0.1, -0.05) is 107 Å². The Balaban J connectivity index is 0.889. The first kappa shape index (κ1) is 83.9. The molecule has 16 N–H and O–H groups in total. The molecule has 0 saturated carbocycles. The number of benzene rings is 4. The highest BCUT2D eigenvalue weighted by Gasteiger charge is 2.52. The quantitative estimate of drug-likeness (QED) is 0.0148. The van der Waals surface area contributed by atoms with E-state index in [2.05, 4.69) is 78.1 Å². The lowest BCUT2D eigenvalue weighted by Gasteiger charge is -2.37. The van der Waals surface area contributed by atoms with Gasteiger partial charge in [0, 0.05) is 77.2 Å². The number of H-pyrrole nitrogens is 1. The molecule has 111 heavy (non-hydrogen) atoms. The largest absolute Gasteiger partial charge is 0.508 e. The van der Waals surface area contributed by atoms with Crippen LogP contribution in [0.25, 0.3) is 33.2 Å². The molecular weight excluding hydrogens is 1470 g/mol. The van der Waals surface area contributed by atoms with E-state index in [1.165, 1.54) is 35.8 Å². The van der Waals surface area contributed by atoms with Crippen molar-refractivity contribution < 1.29 is 77.2 Å². The van der Waals surface area contributed by atoms with Crippen LogP contribution in [0.1, 0.15) is 113 Å². The van der Waals surface area contributed by atoms with Crippen molar-refractivity contribution >= 4 is 118 Å². The number of nitrogens with one attached hydrogen (secondary N) is 10. The molecule has 0 aliphatic carbocycles. The molecule has 2 aliphatic rings. The van der Waals surface area contributed by atoms with E-state index >= 15 is 4.79 Å². The van der Waals surface area contributed by atoms with Crippen molar-refractivity contribution in [2.45, 2.75) is 178 Å². The topological polar surface area (TPSA) is 475 Å². The molecule has 4 aromatic carbocycles. The van der Waals surface area contributed by atoms with E-state index in [1.54, 1.807) is 94.6 Å². The number of primary amides is 1. The van der Waals surface area contributed by atoms with E-state index in [9.17, 15) is 67.7 Å². The summed E-state index contributed by atoms with van der Waals surface area (Å²) in [5, 5.41) is 45.4. The number of aromatic nitrogens is 3. The summed E-state index contributed by atoms with van der Waals surface area (Å²) in [5.74, 6) is -12.2. The Morgan fingerprint density at radius 2 is 1.17 bits per heavy atom. The van der Waals surface area contributed by atoms with Crippen molar-refractivity contribution in [1.82, 2.24) is 62.4 Å². The summed E-state index contributed by atoms with van der Waals surface area (Å²) in [6.07, 6.45) is -0.870. The number of aromatic hydroxyl groups is 1. The Hall–Kier alpha value is -11.2. The molecule has 33 heteroatoms. The van der Waals surface area contributed by atoms with Gasteiger partial charge in [0.1, 0.15) is 66.7 Å². The summed E-state index contributed by atoms with van der Waals surface area (Å²) in [5.41, 5.74) is 13.5. The molecule has 5 heterocycles. The summed E-state index contributed by atoms with van der Waals surface area (Å²) in [6.45, 7) is 7.71. The molecule has 3 aromatic heterocycles. The number of fused-ring (bicyclic) bond motifs is 6. The van der Waals surface area contributed by atoms with E-state index < -0.39 is 161 Å². The van der Waals surface area contributed by atoms with Crippen molar-refractivity contribution in [3.05, 3.63) is 165 Å². The number of nitrogens with two attached hydrogens (primary N) is 2. The van der Waals surface area contributed by atoms with Crippen LogP contribution >= 0.6 is 25.3 Å². The minimum Gasteiger partial charge on any atom is -0.508 e. The lowest BCUT2D eigenvalue weighted by atomic mass is 9.85. The number of aliphatic hydroxyl groups is 1. The molecule has 0 saturated heterocycles. The first-order valence-corrected chi connectivity index (χ1v) is 37.9. The summed E-state index contributed by atoms with van der Waals surface area (Å²) in [6, 6.07) is 19.5. The van der Waals surface area contributed by atoms with Crippen molar-refractivity contribution in [3.63, 3.8) is 0 Å². The smallest absolute Gasteiger partial charge is 0.355 e. The van der Waals surface area contributed by atoms with Crippen LogP contribution in [0.15, 0.2) is 126 Å². The lowest BCUT2D eigenvalue weighted by Crippen LogP contribution is -2.61. The van der Waals surface area contributed by atoms with Gasteiger partial charge in [0.05, 0.1) is 35.1 Å². The number of aliphatic hydroxyl groups excluding tert-OH is 1. The maximum atomic E-state index is 15.1. The Labute approximate surface area is 650 Å². The molecule has 2 aliphatic heterocycles. The second kappa shape index (κ2) is 38.5. The van der Waals surface area contributed by atoms with Crippen LogP contribution in [0.5, 0.6) is 5.75 Å². The van der Waals surface area contributed by atoms with Crippen molar-refractivity contribution in [1.29, 1.82) is 0 Å². The van der Waals surface area contributed by atoms with Gasteiger partial charge in [-0.2, -0.15) is 25.3 Å². The molecule has 10 amide bonds. The summed E-state index contributed by atoms with van der Waals surface area (Å²) in [4.78, 5) is 191. The van der Waals surface area contributed by atoms with E-state index in [0.29, 0.717) is 57.3 Å². The number of pyridine rings is 2. The van der Waals surface area contributed by atoms with E-state index in [1.807, 2.05) is 30.3 Å². The number of para-hydroxylation sites is 2. The Morgan fingerprint density at radius 3 is 1.78 bits per heavy atom. The van der Waals surface area contributed by atoms with Crippen LogP contribution in [-0.4, -0.2) is 174 Å². The summed E-state index contributed by atoms with van der Waals surface area (Å²) < 4.78 is 13.2. The van der Waals surface area contributed by atoms with Crippen LogP contribution in [0.3, 0.4) is 0 Å². The molecule has 0 unspecified atom stereocenters. The van der Waals surface area contributed by atoms with Crippen LogP contribution in [0.4, 0.5) is 0 Å². The standard InChI is InChI=1S/C78H94N14O17S2/c1-6-52(68(98)88-60(40-111)74(104)91-65(42(5)93)67(80)97)84-69(99)55(23-15-16-30-79)85-72(102)58(34-46-36-81-54-22-14-12-20-49(46)54)87-71(101)57(32-44-24-26-48(94)27-25-44)86-73(103)59(39-110)89-70(100)56(31-43-17-9-8-10-18-43)82-62(95)28-29-63(96)90-64(41(3)4)76(106)109-78(7-2)51-35-61-66-47(33-45-19-11-13-21-53(45)83-66)37-92(61)75(105)50(51)38-108-77(78)107/h8-14,17-22,24-27,33,35-36,41-42,52,55-60,64-65,81,93-94,110-111H,6-7,15-16,23,28-32,34,37-40,79H2,1-5H3,(H2,80,97)(H,82,95)(H,84,99)(H,85,102)(H,86,103)(H,87,101)(H,88,98)(H,89,100)(H,90,96)(H,91,104)/t42-,52+,55+,56-,57+,58-,59+,60+,64+,65+,78+/m1/s1. The van der Waals surface area contributed by atoms with Crippen LogP contribution < -0.4 is 64.9 Å². The molecule has 11 atom stereocenters. The monoisotopic (exact) mass is 1560 g/mol. The van der Waals surface area contributed by atoms with Gasteiger partial charge in [0.2, 0.25) is 64.7 Å². The van der Waals surface area contributed by atoms with Gasteiger partial charge in [-0.05, 0) is 105 Å². The van der Waals surface area contributed by atoms with Gasteiger partial charge in [0.25, 0.3) is 5.56 Å². The van der Waals surface area contributed by atoms with Gasteiger partial charge in [-0.25, -0.2) is 14.6 Å². The first-order chi connectivity index (χ1) is 53.1. The minimum atomic E-state index is -2.11. The van der Waals surface area contributed by atoms with Gasteiger partial charge >= 0.3 is 11.9 Å². The third-order valence-corrected chi connectivity index (χ3v) is 20.2. The number of rotatable bonds is 38. The number of thiol groups is 2. The minimum absolute atomic E-state index is 0.0145. The van der Waals surface area contributed by atoms with Gasteiger partial charge < -0.3 is 88.6 Å².